The van der Waals surface area contributed by atoms with Gasteiger partial charge in [0.2, 0.25) is 11.8 Å². The third kappa shape index (κ3) is 5.17. The highest BCUT2D eigenvalue weighted by Gasteiger charge is 2.06. The third-order valence-electron chi connectivity index (χ3n) is 4.63. The Kier molecular flexibility index (Phi) is 6.25. The lowest BCUT2D eigenvalue weighted by Crippen LogP contribution is -2.26. The number of para-hydroxylation sites is 2. The van der Waals surface area contributed by atoms with Crippen LogP contribution >= 0.6 is 0 Å². The van der Waals surface area contributed by atoms with Crippen molar-refractivity contribution in [2.45, 2.75) is 13.1 Å². The number of carbonyl (C=O) groups is 1. The lowest BCUT2D eigenvalue weighted by atomic mass is 10.2. The summed E-state index contributed by atoms with van der Waals surface area (Å²) >= 11 is 0. The van der Waals surface area contributed by atoms with Gasteiger partial charge >= 0.3 is 0 Å². The molecule has 0 saturated heterocycles. The van der Waals surface area contributed by atoms with Crippen molar-refractivity contribution < 1.29 is 14.3 Å². The Morgan fingerprint density at radius 1 is 0.900 bits per heavy atom. The van der Waals surface area contributed by atoms with Gasteiger partial charge in [-0.3, -0.25) is 4.79 Å². The van der Waals surface area contributed by atoms with E-state index in [0.717, 1.165) is 22.2 Å². The Bertz CT molecular complexity index is 1090. The Balaban J connectivity index is 1.20. The second-order valence-corrected chi connectivity index (χ2v) is 6.79. The predicted octanol–water partition coefficient (Wildman–Crippen LogP) is 3.81. The van der Waals surface area contributed by atoms with Gasteiger partial charge in [0.15, 0.2) is 0 Å². The SMILES string of the molecule is O=C(Cn1ccc2ccccc21)NCc1ccc(OCCOc2ccccc2)nc1. The minimum absolute atomic E-state index is 0.0465. The van der Waals surface area contributed by atoms with E-state index >= 15 is 0 Å². The largest absolute Gasteiger partial charge is 0.490 e. The zero-order valence-electron chi connectivity index (χ0n) is 16.5. The van der Waals surface area contributed by atoms with Crippen LogP contribution in [-0.4, -0.2) is 28.7 Å². The lowest BCUT2D eigenvalue weighted by Gasteiger charge is -2.09. The normalized spacial score (nSPS) is 10.7. The summed E-state index contributed by atoms with van der Waals surface area (Å²) in [5.41, 5.74) is 1.96. The van der Waals surface area contributed by atoms with Gasteiger partial charge in [-0.25, -0.2) is 4.98 Å². The monoisotopic (exact) mass is 401 g/mol. The molecule has 4 aromatic rings. The standard InChI is InChI=1S/C24H23N3O3/c28-23(18-27-13-12-20-6-4-5-9-22(20)27)25-16-19-10-11-24(26-17-19)30-15-14-29-21-7-2-1-3-8-21/h1-13,17H,14-16,18H2,(H,25,28). The molecule has 1 N–H and O–H groups in total. The summed E-state index contributed by atoms with van der Waals surface area (Å²) in [4.78, 5) is 16.6. The molecule has 4 rings (SSSR count). The molecule has 6 heteroatoms. The van der Waals surface area contributed by atoms with E-state index < -0.39 is 0 Å². The zero-order valence-corrected chi connectivity index (χ0v) is 16.5. The van der Waals surface area contributed by atoms with Crippen molar-refractivity contribution in [3.05, 3.63) is 90.8 Å². The van der Waals surface area contributed by atoms with E-state index in [-0.39, 0.29) is 12.5 Å². The van der Waals surface area contributed by atoms with Gasteiger partial charge in [0.25, 0.3) is 0 Å². The number of hydrogen-bond donors (Lipinski definition) is 1. The van der Waals surface area contributed by atoms with E-state index in [2.05, 4.69) is 10.3 Å². The number of benzene rings is 2. The molecule has 1 amide bonds. The third-order valence-corrected chi connectivity index (χ3v) is 4.63. The van der Waals surface area contributed by atoms with Crippen LogP contribution in [-0.2, 0) is 17.9 Å². The minimum Gasteiger partial charge on any atom is -0.490 e. The molecule has 0 bridgehead atoms. The molecule has 0 aliphatic rings. The Morgan fingerprint density at radius 3 is 2.53 bits per heavy atom. The van der Waals surface area contributed by atoms with Crippen molar-refractivity contribution >= 4 is 16.8 Å². The summed E-state index contributed by atoms with van der Waals surface area (Å²) in [6, 6.07) is 23.3. The number of nitrogens with one attached hydrogen (secondary N) is 1. The number of pyridine rings is 1. The maximum Gasteiger partial charge on any atom is 0.240 e. The highest BCUT2D eigenvalue weighted by atomic mass is 16.5. The van der Waals surface area contributed by atoms with Crippen LogP contribution in [0.25, 0.3) is 10.9 Å². The molecule has 2 heterocycles. The Labute approximate surface area is 175 Å². The summed E-state index contributed by atoms with van der Waals surface area (Å²) in [5.74, 6) is 1.29. The van der Waals surface area contributed by atoms with Crippen LogP contribution in [0.2, 0.25) is 0 Å². The van der Waals surface area contributed by atoms with Gasteiger partial charge in [-0.05, 0) is 35.2 Å². The van der Waals surface area contributed by atoms with Crippen molar-refractivity contribution in [3.63, 3.8) is 0 Å². The van der Waals surface area contributed by atoms with Crippen molar-refractivity contribution in [1.82, 2.24) is 14.9 Å². The number of amides is 1. The van der Waals surface area contributed by atoms with Crippen LogP contribution in [0, 0.1) is 0 Å². The minimum atomic E-state index is -0.0465. The van der Waals surface area contributed by atoms with E-state index in [0.29, 0.717) is 25.6 Å². The molecule has 0 saturated carbocycles. The molecule has 30 heavy (non-hydrogen) atoms. The van der Waals surface area contributed by atoms with Crippen molar-refractivity contribution in [1.29, 1.82) is 0 Å². The zero-order chi connectivity index (χ0) is 20.6. The number of nitrogens with zero attached hydrogens (tertiary/aromatic N) is 2. The number of carbonyl (C=O) groups excluding carboxylic acids is 1. The van der Waals surface area contributed by atoms with Crippen LogP contribution in [0.5, 0.6) is 11.6 Å². The summed E-state index contributed by atoms with van der Waals surface area (Å²) in [5, 5.41) is 4.06. The first-order valence-corrected chi connectivity index (χ1v) is 9.84. The number of rotatable bonds is 9. The highest BCUT2D eigenvalue weighted by molar-refractivity contribution is 5.83. The fourth-order valence-corrected chi connectivity index (χ4v) is 3.11. The van der Waals surface area contributed by atoms with E-state index in [9.17, 15) is 4.79 Å². The van der Waals surface area contributed by atoms with Gasteiger partial charge in [0.1, 0.15) is 25.5 Å². The average Bonchev–Trinajstić information content (AvgIpc) is 3.20. The van der Waals surface area contributed by atoms with Gasteiger partial charge in [-0.1, -0.05) is 42.5 Å². The number of aromatic nitrogens is 2. The summed E-state index contributed by atoms with van der Waals surface area (Å²) in [7, 11) is 0. The second-order valence-electron chi connectivity index (χ2n) is 6.79. The molecule has 0 radical (unpaired) electrons. The molecule has 0 spiro atoms. The molecule has 6 nitrogen and oxygen atoms in total. The van der Waals surface area contributed by atoms with Gasteiger partial charge in [-0.2, -0.15) is 0 Å². The van der Waals surface area contributed by atoms with Crippen molar-refractivity contribution in [3.8, 4) is 11.6 Å². The van der Waals surface area contributed by atoms with Crippen LogP contribution < -0.4 is 14.8 Å². The molecule has 0 unspecified atom stereocenters. The van der Waals surface area contributed by atoms with Gasteiger partial charge in [0.05, 0.1) is 0 Å². The van der Waals surface area contributed by atoms with E-state index in [1.165, 1.54) is 0 Å². The molecule has 0 aliphatic heterocycles. The Hall–Kier alpha value is -3.80. The molecule has 152 valence electrons. The fraction of sp³-hybridized carbons (Fsp3) is 0.167. The summed E-state index contributed by atoms with van der Waals surface area (Å²) in [6.45, 7) is 1.55. The molecule has 0 atom stereocenters. The van der Waals surface area contributed by atoms with Crippen LogP contribution in [0.15, 0.2) is 85.2 Å². The average molecular weight is 401 g/mol. The first-order chi connectivity index (χ1) is 14.8. The van der Waals surface area contributed by atoms with E-state index in [1.54, 1.807) is 12.3 Å². The maximum absolute atomic E-state index is 12.3. The molecule has 0 aliphatic carbocycles. The van der Waals surface area contributed by atoms with Crippen LogP contribution in [0.1, 0.15) is 5.56 Å². The first-order valence-electron chi connectivity index (χ1n) is 9.84. The number of fused-ring (bicyclic) bond motifs is 1. The molecular weight excluding hydrogens is 378 g/mol. The smallest absolute Gasteiger partial charge is 0.240 e. The first kappa shape index (κ1) is 19.5. The fourth-order valence-electron chi connectivity index (χ4n) is 3.11. The topological polar surface area (TPSA) is 65.4 Å². The van der Waals surface area contributed by atoms with E-state index in [4.69, 9.17) is 9.47 Å². The maximum atomic E-state index is 12.3. The summed E-state index contributed by atoms with van der Waals surface area (Å²) < 4.78 is 13.1. The molecule has 2 aromatic carbocycles. The highest BCUT2D eigenvalue weighted by Crippen LogP contribution is 2.15. The lowest BCUT2D eigenvalue weighted by molar-refractivity contribution is -0.121. The predicted molar refractivity (Wildman–Crippen MR) is 115 cm³/mol. The molecular formula is C24H23N3O3. The van der Waals surface area contributed by atoms with Gasteiger partial charge < -0.3 is 19.4 Å². The van der Waals surface area contributed by atoms with E-state index in [1.807, 2.05) is 77.5 Å². The molecule has 2 aromatic heterocycles. The van der Waals surface area contributed by atoms with Crippen molar-refractivity contribution in [2.75, 3.05) is 13.2 Å². The Morgan fingerprint density at radius 2 is 1.70 bits per heavy atom. The van der Waals surface area contributed by atoms with Gasteiger partial charge in [0, 0.05) is 30.5 Å². The van der Waals surface area contributed by atoms with Crippen LogP contribution in [0.4, 0.5) is 0 Å². The molecule has 0 fully saturated rings. The number of ether oxygens (including phenoxy) is 2. The summed E-state index contributed by atoms with van der Waals surface area (Å²) in [6.07, 6.45) is 3.64. The second kappa shape index (κ2) is 9.60. The quantitative estimate of drug-likeness (QED) is 0.433. The van der Waals surface area contributed by atoms with Gasteiger partial charge in [-0.15, -0.1) is 0 Å². The van der Waals surface area contributed by atoms with Crippen molar-refractivity contribution in [2.24, 2.45) is 0 Å². The number of hydrogen-bond acceptors (Lipinski definition) is 4. The van der Waals surface area contributed by atoms with Crippen LogP contribution in [0.3, 0.4) is 0 Å².